The monoisotopic (exact) mass is 338 g/mol. The molecule has 2 heterocycles. The van der Waals surface area contributed by atoms with Crippen LogP contribution in [-0.4, -0.2) is 5.60 Å². The summed E-state index contributed by atoms with van der Waals surface area (Å²) in [5, 5.41) is 1.14. The van der Waals surface area contributed by atoms with Crippen molar-refractivity contribution in [1.82, 2.24) is 0 Å². The predicted octanol–water partition coefficient (Wildman–Crippen LogP) is 4.95. The number of hydrogen-bond acceptors (Lipinski definition) is 3. The summed E-state index contributed by atoms with van der Waals surface area (Å²) in [5.41, 5.74) is 4.01. The molecule has 1 saturated carbocycles. The molecule has 1 aromatic carbocycles. The van der Waals surface area contributed by atoms with Crippen LogP contribution in [0.4, 0.5) is 0 Å². The molecule has 3 nitrogen and oxygen atoms in total. The van der Waals surface area contributed by atoms with Crippen LogP contribution in [0, 0.1) is 5.92 Å². The van der Waals surface area contributed by atoms with Gasteiger partial charge in [-0.1, -0.05) is 13.3 Å². The van der Waals surface area contributed by atoms with E-state index >= 15 is 0 Å². The van der Waals surface area contributed by atoms with Crippen LogP contribution in [0.5, 0.6) is 5.75 Å². The second kappa shape index (κ2) is 5.62. The Labute approximate surface area is 148 Å². The third kappa shape index (κ3) is 2.51. The molecule has 0 radical (unpaired) electrons. The van der Waals surface area contributed by atoms with Crippen molar-refractivity contribution in [2.75, 3.05) is 0 Å². The normalized spacial score (nSPS) is 28.4. The zero-order valence-corrected chi connectivity index (χ0v) is 15.0. The number of ether oxygens (including phenoxy) is 1. The van der Waals surface area contributed by atoms with Gasteiger partial charge in [0.15, 0.2) is 0 Å². The van der Waals surface area contributed by atoms with Crippen molar-refractivity contribution < 1.29 is 9.15 Å². The lowest BCUT2D eigenvalue weighted by Gasteiger charge is -2.43. The van der Waals surface area contributed by atoms with Crippen molar-refractivity contribution in [2.24, 2.45) is 5.92 Å². The molecule has 5 rings (SSSR count). The molecular weight excluding hydrogens is 312 g/mol. The summed E-state index contributed by atoms with van der Waals surface area (Å²) in [7, 11) is 0. The topological polar surface area (TPSA) is 39.4 Å². The van der Waals surface area contributed by atoms with E-state index in [0.717, 1.165) is 67.6 Å². The van der Waals surface area contributed by atoms with Crippen LogP contribution >= 0.6 is 0 Å². The molecule has 0 amide bonds. The number of rotatable bonds is 0. The van der Waals surface area contributed by atoms with Crippen molar-refractivity contribution in [3.8, 4) is 5.75 Å². The number of hydrogen-bond donors (Lipinski definition) is 0. The van der Waals surface area contributed by atoms with Gasteiger partial charge in [0.1, 0.15) is 16.9 Å². The Balaban J connectivity index is 1.61. The molecule has 3 heteroatoms. The van der Waals surface area contributed by atoms with Crippen LogP contribution in [0.25, 0.3) is 11.0 Å². The lowest BCUT2D eigenvalue weighted by Crippen LogP contribution is -2.43. The molecule has 0 N–H and O–H groups in total. The molecule has 0 bridgehead atoms. The van der Waals surface area contributed by atoms with Gasteiger partial charge in [-0.3, -0.25) is 0 Å². The molecule has 2 atom stereocenters. The molecule has 1 aliphatic heterocycles. The van der Waals surface area contributed by atoms with Crippen LogP contribution in [0.15, 0.2) is 21.3 Å². The highest BCUT2D eigenvalue weighted by Crippen LogP contribution is 2.45. The zero-order valence-electron chi connectivity index (χ0n) is 15.0. The van der Waals surface area contributed by atoms with E-state index < -0.39 is 0 Å². The standard InChI is InChI=1S/C22H26O3/c1-14-5-4-9-22(13-14)10-8-15-11-18-16-6-2-3-7-17(16)21(23)24-20(18)12-19(15)25-22/h11-12,14H,2-10,13H2,1H3. The minimum atomic E-state index is -0.140. The molecule has 132 valence electrons. The largest absolute Gasteiger partial charge is 0.487 e. The second-order valence-corrected chi connectivity index (χ2v) is 8.50. The number of benzene rings is 1. The highest BCUT2D eigenvalue weighted by atomic mass is 16.5. The first-order valence-electron chi connectivity index (χ1n) is 9.94. The molecule has 25 heavy (non-hydrogen) atoms. The maximum Gasteiger partial charge on any atom is 0.339 e. The van der Waals surface area contributed by atoms with E-state index in [2.05, 4.69) is 13.0 Å². The van der Waals surface area contributed by atoms with Crippen molar-refractivity contribution in [2.45, 2.75) is 76.7 Å². The molecule has 1 aromatic heterocycles. The highest BCUT2D eigenvalue weighted by molar-refractivity contribution is 5.84. The van der Waals surface area contributed by atoms with Crippen LogP contribution in [0.1, 0.15) is 68.6 Å². The molecule has 0 saturated heterocycles. The SMILES string of the molecule is CC1CCCC2(CCc3cc4c5c(c(=O)oc4cc3O2)CCCC5)C1. The van der Waals surface area contributed by atoms with Crippen molar-refractivity contribution in [1.29, 1.82) is 0 Å². The van der Waals surface area contributed by atoms with E-state index in [1.807, 2.05) is 6.07 Å². The lowest BCUT2D eigenvalue weighted by molar-refractivity contribution is -0.00579. The molecular formula is C22H26O3. The van der Waals surface area contributed by atoms with Gasteiger partial charge < -0.3 is 9.15 Å². The summed E-state index contributed by atoms with van der Waals surface area (Å²) < 4.78 is 12.2. The van der Waals surface area contributed by atoms with Gasteiger partial charge in [0.05, 0.1) is 0 Å². The summed E-state index contributed by atoms with van der Waals surface area (Å²) in [6, 6.07) is 4.25. The van der Waals surface area contributed by atoms with E-state index in [9.17, 15) is 4.79 Å². The van der Waals surface area contributed by atoms with Gasteiger partial charge in [-0.15, -0.1) is 0 Å². The molecule has 2 aliphatic carbocycles. The van der Waals surface area contributed by atoms with Crippen molar-refractivity contribution in [3.63, 3.8) is 0 Å². The van der Waals surface area contributed by atoms with E-state index in [4.69, 9.17) is 9.15 Å². The first-order chi connectivity index (χ1) is 12.1. The lowest BCUT2D eigenvalue weighted by atomic mass is 9.74. The molecule has 1 fully saturated rings. The molecule has 2 unspecified atom stereocenters. The third-order valence-electron chi connectivity index (χ3n) is 6.63. The van der Waals surface area contributed by atoms with Crippen LogP contribution in [0.2, 0.25) is 0 Å². The van der Waals surface area contributed by atoms with E-state index in [-0.39, 0.29) is 11.2 Å². The van der Waals surface area contributed by atoms with Crippen LogP contribution < -0.4 is 10.4 Å². The Hall–Kier alpha value is -1.77. The maximum absolute atomic E-state index is 12.4. The quantitative estimate of drug-likeness (QED) is 0.638. The van der Waals surface area contributed by atoms with E-state index in [0.29, 0.717) is 5.58 Å². The third-order valence-corrected chi connectivity index (χ3v) is 6.63. The Morgan fingerprint density at radius 1 is 1.04 bits per heavy atom. The average Bonchev–Trinajstić information content (AvgIpc) is 2.60. The van der Waals surface area contributed by atoms with Gasteiger partial charge in [0, 0.05) is 17.0 Å². The Bertz CT molecular complexity index is 894. The molecule has 1 spiro atoms. The van der Waals surface area contributed by atoms with E-state index in [1.165, 1.54) is 30.4 Å². The summed E-state index contributed by atoms with van der Waals surface area (Å²) in [6.07, 6.45) is 11.2. The highest BCUT2D eigenvalue weighted by Gasteiger charge is 2.40. The first kappa shape index (κ1) is 15.5. The fraction of sp³-hybridized carbons (Fsp3) is 0.591. The first-order valence-corrected chi connectivity index (χ1v) is 9.94. The Morgan fingerprint density at radius 2 is 1.88 bits per heavy atom. The Kier molecular flexibility index (Phi) is 3.48. The van der Waals surface area contributed by atoms with E-state index in [1.54, 1.807) is 0 Å². The Morgan fingerprint density at radius 3 is 2.72 bits per heavy atom. The minimum Gasteiger partial charge on any atom is -0.487 e. The van der Waals surface area contributed by atoms with Gasteiger partial charge in [0.25, 0.3) is 0 Å². The van der Waals surface area contributed by atoms with Crippen LogP contribution in [-0.2, 0) is 19.3 Å². The van der Waals surface area contributed by atoms with Gasteiger partial charge in [0.2, 0.25) is 0 Å². The zero-order chi connectivity index (χ0) is 17.0. The summed E-state index contributed by atoms with van der Waals surface area (Å²) in [4.78, 5) is 12.4. The minimum absolute atomic E-state index is 0.00679. The predicted molar refractivity (Wildman–Crippen MR) is 98.4 cm³/mol. The maximum atomic E-state index is 12.4. The smallest absolute Gasteiger partial charge is 0.339 e. The van der Waals surface area contributed by atoms with Crippen molar-refractivity contribution in [3.05, 3.63) is 39.2 Å². The molecule has 2 aromatic rings. The number of aryl methyl sites for hydroxylation is 2. The number of fused-ring (bicyclic) bond motifs is 4. The second-order valence-electron chi connectivity index (χ2n) is 8.50. The summed E-state index contributed by atoms with van der Waals surface area (Å²) >= 11 is 0. The fourth-order valence-corrected chi connectivity index (χ4v) is 5.38. The summed E-state index contributed by atoms with van der Waals surface area (Å²) in [5.74, 6) is 1.69. The van der Waals surface area contributed by atoms with Gasteiger partial charge in [-0.2, -0.15) is 0 Å². The summed E-state index contributed by atoms with van der Waals surface area (Å²) in [6.45, 7) is 2.34. The molecule has 3 aliphatic rings. The van der Waals surface area contributed by atoms with Crippen LogP contribution in [0.3, 0.4) is 0 Å². The van der Waals surface area contributed by atoms with Gasteiger partial charge >= 0.3 is 5.63 Å². The van der Waals surface area contributed by atoms with Gasteiger partial charge in [-0.25, -0.2) is 4.79 Å². The average molecular weight is 338 g/mol. The fourth-order valence-electron chi connectivity index (χ4n) is 5.38. The van der Waals surface area contributed by atoms with Crippen molar-refractivity contribution >= 4 is 11.0 Å². The van der Waals surface area contributed by atoms with Gasteiger partial charge in [-0.05, 0) is 80.9 Å².